The number of carbonyl (C=O) groups excluding carboxylic acids is 1. The number of nitrogen functional groups attached to an aromatic ring is 1. The van der Waals surface area contributed by atoms with Gasteiger partial charge in [-0.05, 0) is 13.8 Å². The molecule has 0 aliphatic heterocycles. The predicted molar refractivity (Wildman–Crippen MR) is 72.2 cm³/mol. The molecule has 0 aromatic carbocycles. The van der Waals surface area contributed by atoms with Crippen LogP contribution in [0.2, 0.25) is 0 Å². The lowest BCUT2D eigenvalue weighted by atomic mass is 10.3. The zero-order chi connectivity index (χ0) is 15.5. The van der Waals surface area contributed by atoms with E-state index in [4.69, 9.17) is 16.2 Å². The molecule has 5 N–H and O–H groups in total. The van der Waals surface area contributed by atoms with Gasteiger partial charge in [0.05, 0.1) is 12.5 Å². The highest BCUT2D eigenvalue weighted by Gasteiger charge is 2.27. The minimum absolute atomic E-state index is 0.0470. The first-order valence-corrected chi connectivity index (χ1v) is 6.62. The standard InChI is InChI=1S/C11H16F3N3O2S/c1-5(2)19-7-6(15)8(9(16)18)20-10(7)17-4-3-11(12,13)14/h5,17H,3-4,15H2,1-2H3,(H2,16,18). The van der Waals surface area contributed by atoms with Crippen LogP contribution in [0.3, 0.4) is 0 Å². The van der Waals surface area contributed by atoms with Crippen LogP contribution in [0, 0.1) is 0 Å². The summed E-state index contributed by atoms with van der Waals surface area (Å²) >= 11 is 0.884. The number of halogens is 3. The molecule has 1 aromatic heterocycles. The summed E-state index contributed by atoms with van der Waals surface area (Å²) in [6, 6.07) is 0. The summed E-state index contributed by atoms with van der Waals surface area (Å²) in [5, 5.41) is 2.85. The van der Waals surface area contributed by atoms with Crippen LogP contribution in [0.5, 0.6) is 5.75 Å². The normalized spacial score (nSPS) is 11.7. The number of alkyl halides is 3. The number of nitrogens with one attached hydrogen (secondary N) is 1. The van der Waals surface area contributed by atoms with Gasteiger partial charge in [0.25, 0.3) is 5.91 Å². The molecule has 0 aliphatic rings. The van der Waals surface area contributed by atoms with Gasteiger partial charge in [0.15, 0.2) is 5.75 Å². The first-order valence-electron chi connectivity index (χ1n) is 5.81. The van der Waals surface area contributed by atoms with E-state index in [1.165, 1.54) is 0 Å². The number of thiophene rings is 1. The number of rotatable bonds is 6. The van der Waals surface area contributed by atoms with Gasteiger partial charge in [-0.3, -0.25) is 4.79 Å². The lowest BCUT2D eigenvalue weighted by Crippen LogP contribution is -2.15. The van der Waals surface area contributed by atoms with Crippen LogP contribution in [0.1, 0.15) is 29.9 Å². The number of primary amides is 1. The number of ether oxygens (including phenoxy) is 1. The molecule has 0 unspecified atom stereocenters. The average Bonchev–Trinajstić information content (AvgIpc) is 2.55. The number of carbonyl (C=O) groups is 1. The Morgan fingerprint density at radius 1 is 1.45 bits per heavy atom. The number of anilines is 2. The fourth-order valence-electron chi connectivity index (χ4n) is 1.40. The topological polar surface area (TPSA) is 90.4 Å². The molecule has 1 aromatic rings. The first kappa shape index (κ1) is 16.4. The lowest BCUT2D eigenvalue weighted by Gasteiger charge is -2.13. The molecule has 9 heteroatoms. The van der Waals surface area contributed by atoms with Gasteiger partial charge in [0, 0.05) is 6.54 Å². The van der Waals surface area contributed by atoms with Gasteiger partial charge in [-0.25, -0.2) is 0 Å². The van der Waals surface area contributed by atoms with Crippen molar-refractivity contribution in [2.24, 2.45) is 5.73 Å². The molecule has 0 radical (unpaired) electrons. The first-order chi connectivity index (χ1) is 9.11. The summed E-state index contributed by atoms with van der Waals surface area (Å²) in [6.45, 7) is 3.14. The number of nitrogens with two attached hydrogens (primary N) is 2. The zero-order valence-electron chi connectivity index (χ0n) is 11.0. The molecule has 0 spiro atoms. The van der Waals surface area contributed by atoms with E-state index in [0.717, 1.165) is 11.3 Å². The van der Waals surface area contributed by atoms with E-state index in [0.29, 0.717) is 0 Å². The molecule has 1 rings (SSSR count). The zero-order valence-corrected chi connectivity index (χ0v) is 11.8. The monoisotopic (exact) mass is 311 g/mol. The molecular formula is C11H16F3N3O2S. The van der Waals surface area contributed by atoms with E-state index in [9.17, 15) is 18.0 Å². The number of amides is 1. The van der Waals surface area contributed by atoms with Gasteiger partial charge in [-0.1, -0.05) is 0 Å². The van der Waals surface area contributed by atoms with E-state index in [1.54, 1.807) is 13.8 Å². The highest BCUT2D eigenvalue weighted by molar-refractivity contribution is 7.19. The highest BCUT2D eigenvalue weighted by atomic mass is 32.1. The quantitative estimate of drug-likeness (QED) is 0.753. The van der Waals surface area contributed by atoms with Crippen molar-refractivity contribution in [1.29, 1.82) is 0 Å². The minimum Gasteiger partial charge on any atom is -0.486 e. The van der Waals surface area contributed by atoms with E-state index in [-0.39, 0.29) is 34.0 Å². The van der Waals surface area contributed by atoms with Crippen LogP contribution >= 0.6 is 11.3 Å². The molecule has 114 valence electrons. The number of hydrogen-bond acceptors (Lipinski definition) is 5. The molecule has 1 amide bonds. The van der Waals surface area contributed by atoms with Gasteiger partial charge in [0.1, 0.15) is 15.6 Å². The van der Waals surface area contributed by atoms with Crippen molar-refractivity contribution >= 4 is 27.9 Å². The molecule has 1 heterocycles. The Bertz CT molecular complexity index is 486. The van der Waals surface area contributed by atoms with Crippen molar-refractivity contribution in [3.63, 3.8) is 0 Å². The molecule has 0 fully saturated rings. The fraction of sp³-hybridized carbons (Fsp3) is 0.545. The molecule has 0 saturated carbocycles. The summed E-state index contributed by atoms with van der Waals surface area (Å²) in [4.78, 5) is 11.3. The van der Waals surface area contributed by atoms with Crippen molar-refractivity contribution in [3.05, 3.63) is 4.88 Å². The van der Waals surface area contributed by atoms with Gasteiger partial charge < -0.3 is 21.5 Å². The Morgan fingerprint density at radius 2 is 2.05 bits per heavy atom. The lowest BCUT2D eigenvalue weighted by molar-refractivity contribution is -0.131. The summed E-state index contributed by atoms with van der Waals surface area (Å²) in [7, 11) is 0. The fourth-order valence-corrected chi connectivity index (χ4v) is 2.33. The van der Waals surface area contributed by atoms with Gasteiger partial charge >= 0.3 is 6.18 Å². The van der Waals surface area contributed by atoms with Gasteiger partial charge in [0.2, 0.25) is 0 Å². The Morgan fingerprint density at radius 3 is 2.50 bits per heavy atom. The van der Waals surface area contributed by atoms with Crippen molar-refractivity contribution in [2.45, 2.75) is 32.5 Å². The summed E-state index contributed by atoms with van der Waals surface area (Å²) in [5.74, 6) is -0.578. The SMILES string of the molecule is CC(C)Oc1c(NCCC(F)(F)F)sc(C(N)=O)c1N. The van der Waals surface area contributed by atoms with E-state index in [1.807, 2.05) is 0 Å². The third-order valence-corrected chi connectivity index (χ3v) is 3.33. The maximum atomic E-state index is 12.1. The molecule has 0 atom stereocenters. The Balaban J connectivity index is 2.92. The van der Waals surface area contributed by atoms with Crippen LogP contribution in [0.4, 0.5) is 23.9 Å². The van der Waals surface area contributed by atoms with E-state index in [2.05, 4.69) is 5.32 Å². The highest BCUT2D eigenvalue weighted by Crippen LogP contribution is 2.43. The second-order valence-corrected chi connectivity index (χ2v) is 5.35. The third-order valence-electron chi connectivity index (χ3n) is 2.17. The van der Waals surface area contributed by atoms with Crippen molar-refractivity contribution in [1.82, 2.24) is 0 Å². The minimum atomic E-state index is -4.26. The van der Waals surface area contributed by atoms with Crippen LogP contribution in [-0.2, 0) is 0 Å². The van der Waals surface area contributed by atoms with Crippen LogP contribution in [-0.4, -0.2) is 24.7 Å². The van der Waals surface area contributed by atoms with Crippen molar-refractivity contribution in [2.75, 3.05) is 17.6 Å². The van der Waals surface area contributed by atoms with Gasteiger partial charge in [-0.2, -0.15) is 13.2 Å². The molecule has 0 saturated heterocycles. The summed E-state index contributed by atoms with van der Waals surface area (Å²) < 4.78 is 41.8. The smallest absolute Gasteiger partial charge is 0.390 e. The summed E-state index contributed by atoms with van der Waals surface area (Å²) in [5.41, 5.74) is 10.9. The second-order valence-electron chi connectivity index (χ2n) is 4.33. The van der Waals surface area contributed by atoms with Crippen molar-refractivity contribution < 1.29 is 22.7 Å². The maximum Gasteiger partial charge on any atom is 0.390 e. The Kier molecular flexibility index (Phi) is 5.09. The van der Waals surface area contributed by atoms with Crippen LogP contribution in [0.15, 0.2) is 0 Å². The Labute approximate surface area is 118 Å². The van der Waals surface area contributed by atoms with Gasteiger partial charge in [-0.15, -0.1) is 11.3 Å². The second kappa shape index (κ2) is 6.21. The van der Waals surface area contributed by atoms with Crippen LogP contribution < -0.4 is 21.5 Å². The number of hydrogen-bond donors (Lipinski definition) is 3. The Hall–Kier alpha value is -1.64. The molecule has 20 heavy (non-hydrogen) atoms. The summed E-state index contributed by atoms with van der Waals surface area (Å²) in [6.07, 6.45) is -5.50. The third kappa shape index (κ3) is 4.48. The average molecular weight is 311 g/mol. The molecule has 0 aliphatic carbocycles. The molecule has 0 bridgehead atoms. The van der Waals surface area contributed by atoms with E-state index >= 15 is 0 Å². The largest absolute Gasteiger partial charge is 0.486 e. The van der Waals surface area contributed by atoms with Crippen LogP contribution in [0.25, 0.3) is 0 Å². The predicted octanol–water partition coefficient (Wildman–Crippen LogP) is 2.58. The van der Waals surface area contributed by atoms with Crippen molar-refractivity contribution in [3.8, 4) is 5.75 Å². The maximum absolute atomic E-state index is 12.1. The molecular weight excluding hydrogens is 295 g/mol. The van der Waals surface area contributed by atoms with E-state index < -0.39 is 18.5 Å². The molecule has 5 nitrogen and oxygen atoms in total.